The average Bonchev–Trinajstić information content (AvgIpc) is 3.07. The third-order valence-corrected chi connectivity index (χ3v) is 9.90. The number of methoxy groups -OCH3 is 3. The van der Waals surface area contributed by atoms with Gasteiger partial charge in [0.15, 0.2) is 0 Å². The third kappa shape index (κ3) is 8.27. The smallest absolute Gasteiger partial charge is 0.264 e. The molecule has 0 heterocycles. The Morgan fingerprint density at radius 1 is 0.844 bits per heavy atom. The summed E-state index contributed by atoms with van der Waals surface area (Å²) in [4.78, 5) is 29.6. The Labute approximate surface area is 266 Å². The van der Waals surface area contributed by atoms with Crippen molar-refractivity contribution in [3.8, 4) is 17.2 Å². The number of carbonyl (C=O) groups is 2. The lowest BCUT2D eigenvalue weighted by atomic mass is 9.95. The molecule has 0 spiro atoms. The Kier molecular flexibility index (Phi) is 11.7. The molecule has 0 bridgehead atoms. The first-order valence-corrected chi connectivity index (χ1v) is 16.7. The molecule has 1 fully saturated rings. The molecule has 10 nitrogen and oxygen atoms in total. The summed E-state index contributed by atoms with van der Waals surface area (Å²) >= 11 is 0. The Morgan fingerprint density at radius 2 is 1.44 bits per heavy atom. The molecule has 1 unspecified atom stereocenters. The molecule has 1 atom stereocenters. The molecule has 45 heavy (non-hydrogen) atoms. The van der Waals surface area contributed by atoms with Gasteiger partial charge >= 0.3 is 0 Å². The summed E-state index contributed by atoms with van der Waals surface area (Å²) in [6.45, 7) is 1.39. The summed E-state index contributed by atoms with van der Waals surface area (Å²) in [5, 5.41) is 3.16. The van der Waals surface area contributed by atoms with E-state index in [9.17, 15) is 18.0 Å². The first-order valence-electron chi connectivity index (χ1n) is 15.2. The van der Waals surface area contributed by atoms with E-state index in [1.54, 1.807) is 55.6 Å². The topological polar surface area (TPSA) is 114 Å². The van der Waals surface area contributed by atoms with Crippen LogP contribution >= 0.6 is 0 Å². The fourth-order valence-electron chi connectivity index (χ4n) is 5.62. The number of rotatable bonds is 14. The maximum absolute atomic E-state index is 14.4. The van der Waals surface area contributed by atoms with E-state index in [2.05, 4.69) is 5.32 Å². The highest BCUT2D eigenvalue weighted by molar-refractivity contribution is 7.92. The van der Waals surface area contributed by atoms with Crippen molar-refractivity contribution in [2.75, 3.05) is 32.2 Å². The summed E-state index contributed by atoms with van der Waals surface area (Å²) in [6.07, 6.45) is 5.39. The van der Waals surface area contributed by atoms with Gasteiger partial charge in [-0.15, -0.1) is 0 Å². The molecule has 3 aromatic carbocycles. The van der Waals surface area contributed by atoms with Crippen LogP contribution in [0.25, 0.3) is 0 Å². The first kappa shape index (κ1) is 33.6. The standard InChI is InChI=1S/C34H43N3O7S/c1-5-30(34(39)35-26-11-7-6-8-12-26)36(23-25-15-17-27(42-2)18-16-25)33(38)24-37(31-13-9-10-14-32(31)44-4)45(40,41)29-21-19-28(43-3)20-22-29/h9-10,13-22,26,30H,5-8,11-12,23-24H2,1-4H3,(H,35,39). The van der Waals surface area contributed by atoms with E-state index in [0.717, 1.165) is 42.0 Å². The predicted octanol–water partition coefficient (Wildman–Crippen LogP) is 5.16. The fourth-order valence-corrected chi connectivity index (χ4v) is 7.04. The highest BCUT2D eigenvalue weighted by Gasteiger charge is 2.35. The van der Waals surface area contributed by atoms with Gasteiger partial charge in [0.25, 0.3) is 10.0 Å². The second-order valence-electron chi connectivity index (χ2n) is 11.0. The van der Waals surface area contributed by atoms with Crippen molar-refractivity contribution in [1.82, 2.24) is 10.2 Å². The Balaban J connectivity index is 1.73. The zero-order valence-corrected chi connectivity index (χ0v) is 27.2. The first-order chi connectivity index (χ1) is 21.7. The van der Waals surface area contributed by atoms with Crippen LogP contribution in [0, 0.1) is 0 Å². The van der Waals surface area contributed by atoms with Gasteiger partial charge in [-0.25, -0.2) is 8.42 Å². The number of ether oxygens (including phenoxy) is 3. The maximum atomic E-state index is 14.4. The van der Waals surface area contributed by atoms with Crippen molar-refractivity contribution < 1.29 is 32.2 Å². The van der Waals surface area contributed by atoms with Crippen molar-refractivity contribution in [3.63, 3.8) is 0 Å². The minimum absolute atomic E-state index is 0.0224. The Hall–Kier alpha value is -4.25. The molecule has 0 saturated heterocycles. The van der Waals surface area contributed by atoms with Crippen molar-refractivity contribution in [2.24, 2.45) is 0 Å². The molecular weight excluding hydrogens is 594 g/mol. The van der Waals surface area contributed by atoms with Crippen LogP contribution in [0.3, 0.4) is 0 Å². The van der Waals surface area contributed by atoms with Crippen molar-refractivity contribution in [1.29, 1.82) is 0 Å². The van der Waals surface area contributed by atoms with E-state index >= 15 is 0 Å². The number of anilines is 1. The third-order valence-electron chi connectivity index (χ3n) is 8.13. The normalized spacial score (nSPS) is 14.2. The van der Waals surface area contributed by atoms with E-state index < -0.39 is 28.5 Å². The molecule has 11 heteroatoms. The molecule has 1 N–H and O–H groups in total. The lowest BCUT2D eigenvalue weighted by Crippen LogP contribution is -2.54. The molecule has 0 radical (unpaired) electrons. The van der Waals surface area contributed by atoms with Crippen molar-refractivity contribution in [3.05, 3.63) is 78.4 Å². The molecule has 1 aliphatic carbocycles. The van der Waals surface area contributed by atoms with E-state index in [0.29, 0.717) is 17.9 Å². The fraction of sp³-hybridized carbons (Fsp3) is 0.412. The number of nitrogens with one attached hydrogen (secondary N) is 1. The van der Waals surface area contributed by atoms with E-state index in [1.807, 2.05) is 19.1 Å². The van der Waals surface area contributed by atoms with Gasteiger partial charge in [-0.2, -0.15) is 0 Å². The molecule has 2 amide bonds. The van der Waals surface area contributed by atoms with Crippen LogP contribution in [0.4, 0.5) is 5.69 Å². The largest absolute Gasteiger partial charge is 0.497 e. The average molecular weight is 638 g/mol. The van der Waals surface area contributed by atoms with Gasteiger partial charge < -0.3 is 24.4 Å². The van der Waals surface area contributed by atoms with Crippen LogP contribution in [0.15, 0.2) is 77.7 Å². The number of nitrogens with zero attached hydrogens (tertiary/aromatic N) is 2. The molecule has 0 aliphatic heterocycles. The Bertz CT molecular complexity index is 1520. The summed E-state index contributed by atoms with van der Waals surface area (Å²) in [6, 6.07) is 19.1. The minimum Gasteiger partial charge on any atom is -0.497 e. The van der Waals surface area contributed by atoms with E-state index in [1.165, 1.54) is 31.3 Å². The van der Waals surface area contributed by atoms with Gasteiger partial charge in [-0.3, -0.25) is 13.9 Å². The second kappa shape index (κ2) is 15.7. The molecule has 1 aliphatic rings. The molecule has 1 saturated carbocycles. The van der Waals surface area contributed by atoms with E-state index in [-0.39, 0.29) is 34.8 Å². The van der Waals surface area contributed by atoms with Gasteiger partial charge in [0.1, 0.15) is 29.8 Å². The van der Waals surface area contributed by atoms with Gasteiger partial charge in [0, 0.05) is 12.6 Å². The number of amides is 2. The van der Waals surface area contributed by atoms with Crippen LogP contribution in [0.2, 0.25) is 0 Å². The van der Waals surface area contributed by atoms with Gasteiger partial charge in [-0.1, -0.05) is 50.5 Å². The van der Waals surface area contributed by atoms with Gasteiger partial charge in [-0.05, 0) is 73.4 Å². The lowest BCUT2D eigenvalue weighted by molar-refractivity contribution is -0.140. The van der Waals surface area contributed by atoms with E-state index in [4.69, 9.17) is 14.2 Å². The monoisotopic (exact) mass is 637 g/mol. The minimum atomic E-state index is -4.26. The predicted molar refractivity (Wildman–Crippen MR) is 173 cm³/mol. The van der Waals surface area contributed by atoms with Crippen molar-refractivity contribution >= 4 is 27.5 Å². The number of hydrogen-bond acceptors (Lipinski definition) is 7. The highest BCUT2D eigenvalue weighted by atomic mass is 32.2. The Morgan fingerprint density at radius 3 is 2.02 bits per heavy atom. The van der Waals surface area contributed by atoms with Crippen LogP contribution in [-0.4, -0.2) is 65.1 Å². The zero-order valence-electron chi connectivity index (χ0n) is 26.4. The molecule has 4 rings (SSSR count). The molecule has 3 aromatic rings. The number of hydrogen-bond donors (Lipinski definition) is 1. The number of benzene rings is 3. The SMILES string of the molecule is CCC(C(=O)NC1CCCCC1)N(Cc1ccc(OC)cc1)C(=O)CN(c1ccccc1OC)S(=O)(=O)c1ccc(OC)cc1. The number of sulfonamides is 1. The summed E-state index contributed by atoms with van der Waals surface area (Å²) in [5.41, 5.74) is 0.975. The quantitative estimate of drug-likeness (QED) is 0.260. The number of para-hydroxylation sites is 2. The summed E-state index contributed by atoms with van der Waals surface area (Å²) < 4.78 is 45.4. The van der Waals surface area contributed by atoms with Crippen LogP contribution in [-0.2, 0) is 26.2 Å². The maximum Gasteiger partial charge on any atom is 0.264 e. The zero-order chi connectivity index (χ0) is 32.4. The van der Waals surface area contributed by atoms with Crippen LogP contribution < -0.4 is 23.8 Å². The summed E-state index contributed by atoms with van der Waals surface area (Å²) in [5.74, 6) is 0.666. The van der Waals surface area contributed by atoms with Gasteiger partial charge in [0.2, 0.25) is 11.8 Å². The van der Waals surface area contributed by atoms with Gasteiger partial charge in [0.05, 0.1) is 31.9 Å². The number of carbonyl (C=O) groups excluding carboxylic acids is 2. The van der Waals surface area contributed by atoms with Crippen LogP contribution in [0.1, 0.15) is 51.0 Å². The molecule has 0 aromatic heterocycles. The summed E-state index contributed by atoms with van der Waals surface area (Å²) in [7, 11) is 0.246. The highest BCUT2D eigenvalue weighted by Crippen LogP contribution is 2.33. The second-order valence-corrected chi connectivity index (χ2v) is 12.9. The van der Waals surface area contributed by atoms with Crippen molar-refractivity contribution in [2.45, 2.75) is 69.0 Å². The van der Waals surface area contributed by atoms with Crippen LogP contribution in [0.5, 0.6) is 17.2 Å². The molecule has 242 valence electrons. The lowest BCUT2D eigenvalue weighted by Gasteiger charge is -2.34. The molecular formula is C34H43N3O7S.